The van der Waals surface area contributed by atoms with Crippen molar-refractivity contribution in [3.63, 3.8) is 0 Å². The molecule has 1 fully saturated rings. The molecular weight excluding hydrogens is 180 g/mol. The number of hydrogen-bond donors (Lipinski definition) is 1. The first-order valence-electron chi connectivity index (χ1n) is 4.99. The number of H-pyrrole nitrogens is 1. The topological polar surface area (TPSA) is 47.1 Å². The summed E-state index contributed by atoms with van der Waals surface area (Å²) in [4.78, 5) is 0. The van der Waals surface area contributed by atoms with Gasteiger partial charge in [-0.3, -0.25) is 5.10 Å². The highest BCUT2D eigenvalue weighted by Crippen LogP contribution is 2.34. The Kier molecular flexibility index (Phi) is 2.84. The number of methoxy groups -OCH3 is 1. The van der Waals surface area contributed by atoms with Crippen molar-refractivity contribution in [2.75, 3.05) is 20.3 Å². The Morgan fingerprint density at radius 3 is 3.14 bits per heavy atom. The van der Waals surface area contributed by atoms with Crippen molar-refractivity contribution in [2.24, 2.45) is 0 Å². The quantitative estimate of drug-likeness (QED) is 0.796. The molecule has 4 heteroatoms. The molecule has 1 aliphatic heterocycles. The van der Waals surface area contributed by atoms with Crippen LogP contribution in [0, 0.1) is 0 Å². The highest BCUT2D eigenvalue weighted by molar-refractivity contribution is 5.16. The lowest BCUT2D eigenvalue weighted by Crippen LogP contribution is -2.37. The zero-order valence-corrected chi connectivity index (χ0v) is 8.45. The number of nitrogens with one attached hydrogen (secondary N) is 1. The minimum atomic E-state index is -0.264. The van der Waals surface area contributed by atoms with E-state index in [1.807, 2.05) is 12.4 Å². The molecule has 78 valence electrons. The van der Waals surface area contributed by atoms with Crippen LogP contribution in [0.25, 0.3) is 0 Å². The van der Waals surface area contributed by atoms with E-state index in [4.69, 9.17) is 9.47 Å². The average molecular weight is 196 g/mol. The second kappa shape index (κ2) is 4.11. The predicted molar refractivity (Wildman–Crippen MR) is 51.9 cm³/mol. The van der Waals surface area contributed by atoms with Gasteiger partial charge in [-0.15, -0.1) is 0 Å². The van der Waals surface area contributed by atoms with E-state index in [0.717, 1.165) is 25.0 Å². The summed E-state index contributed by atoms with van der Waals surface area (Å²) in [7, 11) is 1.71. The maximum Gasteiger partial charge on any atom is 0.119 e. The van der Waals surface area contributed by atoms with Gasteiger partial charge in [0.2, 0.25) is 0 Å². The van der Waals surface area contributed by atoms with Crippen molar-refractivity contribution in [1.82, 2.24) is 10.2 Å². The fourth-order valence-electron chi connectivity index (χ4n) is 2.01. The number of hydrogen-bond acceptors (Lipinski definition) is 3. The van der Waals surface area contributed by atoms with Crippen molar-refractivity contribution in [2.45, 2.75) is 24.9 Å². The fraction of sp³-hybridized carbons (Fsp3) is 0.700. The van der Waals surface area contributed by atoms with E-state index >= 15 is 0 Å². The van der Waals surface area contributed by atoms with Gasteiger partial charge in [-0.1, -0.05) is 0 Å². The predicted octanol–water partition coefficient (Wildman–Crippen LogP) is 1.45. The van der Waals surface area contributed by atoms with Crippen LogP contribution >= 0.6 is 0 Å². The lowest BCUT2D eigenvalue weighted by molar-refractivity contribution is -0.121. The van der Waals surface area contributed by atoms with E-state index in [1.54, 1.807) is 7.11 Å². The number of ether oxygens (including phenoxy) is 2. The number of aromatic nitrogens is 2. The number of nitrogens with zero attached hydrogens (tertiary/aromatic N) is 1. The lowest BCUT2D eigenvalue weighted by atomic mass is 9.89. The van der Waals surface area contributed by atoms with Gasteiger partial charge in [-0.05, 0) is 19.3 Å². The highest BCUT2D eigenvalue weighted by atomic mass is 16.5. The maximum atomic E-state index is 5.87. The van der Waals surface area contributed by atoms with Gasteiger partial charge < -0.3 is 9.47 Å². The van der Waals surface area contributed by atoms with E-state index in [2.05, 4.69) is 10.2 Å². The zero-order valence-electron chi connectivity index (χ0n) is 8.45. The van der Waals surface area contributed by atoms with Gasteiger partial charge in [0.25, 0.3) is 0 Å². The SMILES string of the molecule is COCC1(c2cn[nH]c2)CCCCO1. The van der Waals surface area contributed by atoms with Crippen LogP contribution in [-0.4, -0.2) is 30.5 Å². The van der Waals surface area contributed by atoms with E-state index < -0.39 is 0 Å². The van der Waals surface area contributed by atoms with Gasteiger partial charge >= 0.3 is 0 Å². The van der Waals surface area contributed by atoms with Crippen LogP contribution in [-0.2, 0) is 15.1 Å². The number of rotatable bonds is 3. The molecule has 1 atom stereocenters. The molecule has 0 aromatic carbocycles. The lowest BCUT2D eigenvalue weighted by Gasteiger charge is -2.35. The van der Waals surface area contributed by atoms with Crippen molar-refractivity contribution in [3.8, 4) is 0 Å². The van der Waals surface area contributed by atoms with Crippen molar-refractivity contribution in [3.05, 3.63) is 18.0 Å². The molecule has 1 aromatic rings. The van der Waals surface area contributed by atoms with Crippen LogP contribution in [0.4, 0.5) is 0 Å². The molecule has 1 N–H and O–H groups in total. The Morgan fingerprint density at radius 1 is 1.64 bits per heavy atom. The van der Waals surface area contributed by atoms with Gasteiger partial charge in [-0.25, -0.2) is 0 Å². The molecule has 14 heavy (non-hydrogen) atoms. The molecule has 1 aliphatic rings. The summed E-state index contributed by atoms with van der Waals surface area (Å²) in [6.07, 6.45) is 7.06. The Bertz CT molecular complexity index is 260. The average Bonchev–Trinajstić information content (AvgIpc) is 2.73. The largest absolute Gasteiger partial charge is 0.381 e. The Hall–Kier alpha value is -0.870. The second-order valence-corrected chi connectivity index (χ2v) is 3.72. The van der Waals surface area contributed by atoms with E-state index in [1.165, 1.54) is 6.42 Å². The molecule has 0 spiro atoms. The first-order valence-corrected chi connectivity index (χ1v) is 4.99. The third kappa shape index (κ3) is 1.67. The zero-order chi connectivity index (χ0) is 9.86. The third-order valence-electron chi connectivity index (χ3n) is 2.76. The van der Waals surface area contributed by atoms with E-state index in [-0.39, 0.29) is 5.60 Å². The van der Waals surface area contributed by atoms with Crippen LogP contribution in [0.2, 0.25) is 0 Å². The minimum absolute atomic E-state index is 0.264. The van der Waals surface area contributed by atoms with Gasteiger partial charge in [0.05, 0.1) is 12.8 Å². The Balaban J connectivity index is 2.20. The van der Waals surface area contributed by atoms with Gasteiger partial charge in [-0.2, -0.15) is 5.10 Å². The van der Waals surface area contributed by atoms with Crippen molar-refractivity contribution in [1.29, 1.82) is 0 Å². The maximum absolute atomic E-state index is 5.87. The second-order valence-electron chi connectivity index (χ2n) is 3.72. The summed E-state index contributed by atoms with van der Waals surface area (Å²) in [6, 6.07) is 0. The molecular formula is C10H16N2O2. The first kappa shape index (κ1) is 9.68. The summed E-state index contributed by atoms with van der Waals surface area (Å²) in [6.45, 7) is 1.42. The monoisotopic (exact) mass is 196 g/mol. The standard InChI is InChI=1S/C10H16N2O2/c1-13-8-10(4-2-3-5-14-10)9-6-11-12-7-9/h6-7H,2-5,8H2,1H3,(H,11,12). The first-order chi connectivity index (χ1) is 6.87. The molecule has 2 rings (SSSR count). The van der Waals surface area contributed by atoms with Gasteiger partial charge in [0.1, 0.15) is 5.60 Å². The van der Waals surface area contributed by atoms with Crippen LogP contribution in [0.3, 0.4) is 0 Å². The van der Waals surface area contributed by atoms with Crippen molar-refractivity contribution >= 4 is 0 Å². The summed E-state index contributed by atoms with van der Waals surface area (Å²) >= 11 is 0. The molecule has 0 amide bonds. The summed E-state index contributed by atoms with van der Waals surface area (Å²) in [5.74, 6) is 0. The Labute approximate surface area is 83.6 Å². The molecule has 1 aromatic heterocycles. The van der Waals surface area contributed by atoms with Gasteiger partial charge in [0.15, 0.2) is 0 Å². The normalized spacial score (nSPS) is 27.8. The highest BCUT2D eigenvalue weighted by Gasteiger charge is 2.36. The summed E-state index contributed by atoms with van der Waals surface area (Å²) in [5.41, 5.74) is 0.832. The minimum Gasteiger partial charge on any atom is -0.381 e. The smallest absolute Gasteiger partial charge is 0.119 e. The van der Waals surface area contributed by atoms with Crippen LogP contribution < -0.4 is 0 Å². The third-order valence-corrected chi connectivity index (χ3v) is 2.76. The van der Waals surface area contributed by atoms with Gasteiger partial charge in [0, 0.05) is 25.5 Å². The molecule has 0 saturated carbocycles. The molecule has 1 unspecified atom stereocenters. The summed E-state index contributed by atoms with van der Waals surface area (Å²) < 4.78 is 11.1. The van der Waals surface area contributed by atoms with Crippen LogP contribution in [0.15, 0.2) is 12.4 Å². The van der Waals surface area contributed by atoms with Crippen molar-refractivity contribution < 1.29 is 9.47 Å². The molecule has 1 saturated heterocycles. The molecule has 2 heterocycles. The fourth-order valence-corrected chi connectivity index (χ4v) is 2.01. The molecule has 4 nitrogen and oxygen atoms in total. The molecule has 0 radical (unpaired) electrons. The van der Waals surface area contributed by atoms with Crippen LogP contribution in [0.1, 0.15) is 24.8 Å². The molecule has 0 aliphatic carbocycles. The number of aromatic amines is 1. The Morgan fingerprint density at radius 2 is 2.57 bits per heavy atom. The van der Waals surface area contributed by atoms with E-state index in [0.29, 0.717) is 6.61 Å². The molecule has 0 bridgehead atoms. The van der Waals surface area contributed by atoms with Crippen LogP contribution in [0.5, 0.6) is 0 Å². The summed E-state index contributed by atoms with van der Waals surface area (Å²) in [5, 5.41) is 6.79. The van der Waals surface area contributed by atoms with E-state index in [9.17, 15) is 0 Å².